The van der Waals surface area contributed by atoms with E-state index in [9.17, 15) is 9.59 Å². The molecule has 0 saturated heterocycles. The molecule has 0 radical (unpaired) electrons. The van der Waals surface area contributed by atoms with E-state index >= 15 is 0 Å². The Balaban J connectivity index is 1.48. The van der Waals surface area contributed by atoms with Crippen molar-refractivity contribution in [1.82, 2.24) is 19.7 Å². The summed E-state index contributed by atoms with van der Waals surface area (Å²) in [6.07, 6.45) is 0. The molecule has 1 N–H and O–H groups in total. The van der Waals surface area contributed by atoms with E-state index in [1.54, 1.807) is 55.1 Å². The molecule has 0 spiro atoms. The summed E-state index contributed by atoms with van der Waals surface area (Å²) in [6, 6.07) is 14.1. The van der Waals surface area contributed by atoms with Crippen LogP contribution < -0.4 is 10.1 Å². The molecular weight excluding hydrogens is 473 g/mol. The van der Waals surface area contributed by atoms with Gasteiger partial charge in [-0.25, -0.2) is 0 Å². The zero-order chi connectivity index (χ0) is 23.1. The van der Waals surface area contributed by atoms with Gasteiger partial charge in [0.1, 0.15) is 12.4 Å². The maximum atomic E-state index is 12.4. The quantitative estimate of drug-likeness (QED) is 0.454. The molecular formula is C21H21Cl2N5O3S. The van der Waals surface area contributed by atoms with Crippen LogP contribution >= 0.6 is 35.0 Å². The van der Waals surface area contributed by atoms with Gasteiger partial charge < -0.3 is 19.5 Å². The number of amides is 2. The number of likely N-dealkylation sites (N-methyl/N-ethyl adjacent to an activating group) is 1. The van der Waals surface area contributed by atoms with Gasteiger partial charge in [0.25, 0.3) is 0 Å². The third kappa shape index (κ3) is 6.38. The number of carbonyl (C=O) groups excluding carboxylic acids is 2. The Bertz CT molecular complexity index is 1110. The van der Waals surface area contributed by atoms with Crippen molar-refractivity contribution >= 4 is 52.5 Å². The van der Waals surface area contributed by atoms with Gasteiger partial charge in [-0.1, -0.05) is 59.2 Å². The number of carbonyl (C=O) groups is 2. The number of benzene rings is 2. The molecule has 2 aromatic carbocycles. The highest BCUT2D eigenvalue weighted by Gasteiger charge is 2.17. The van der Waals surface area contributed by atoms with Gasteiger partial charge in [0.05, 0.1) is 28.0 Å². The lowest BCUT2D eigenvalue weighted by atomic mass is 10.3. The Kier molecular flexibility index (Phi) is 8.38. The van der Waals surface area contributed by atoms with Crippen molar-refractivity contribution in [2.45, 2.75) is 11.8 Å². The molecule has 3 aromatic rings. The van der Waals surface area contributed by atoms with Gasteiger partial charge in [-0.3, -0.25) is 9.59 Å². The highest BCUT2D eigenvalue weighted by molar-refractivity contribution is 7.99. The van der Waals surface area contributed by atoms with Crippen molar-refractivity contribution < 1.29 is 14.3 Å². The molecule has 1 aromatic heterocycles. The largest absolute Gasteiger partial charge is 0.484 e. The van der Waals surface area contributed by atoms with Crippen molar-refractivity contribution in [3.05, 3.63) is 64.4 Å². The van der Waals surface area contributed by atoms with Crippen molar-refractivity contribution in [3.63, 3.8) is 0 Å². The number of hydrogen-bond donors (Lipinski definition) is 1. The average Bonchev–Trinajstić information content (AvgIpc) is 3.12. The number of ether oxygens (including phenoxy) is 1. The number of nitrogens with one attached hydrogen (secondary N) is 1. The maximum Gasteiger partial charge on any atom is 0.244 e. The summed E-state index contributed by atoms with van der Waals surface area (Å²) in [5.41, 5.74) is 0.500. The fraction of sp³-hybridized carbons (Fsp3) is 0.238. The van der Waals surface area contributed by atoms with Gasteiger partial charge in [-0.05, 0) is 24.3 Å². The van der Waals surface area contributed by atoms with E-state index in [0.717, 1.165) is 0 Å². The number of para-hydroxylation sites is 2. The zero-order valence-corrected chi connectivity index (χ0v) is 19.7. The number of halogens is 2. The third-order valence-electron chi connectivity index (χ3n) is 4.40. The van der Waals surface area contributed by atoms with Crippen molar-refractivity contribution in [2.75, 3.05) is 24.7 Å². The Morgan fingerprint density at radius 2 is 1.78 bits per heavy atom. The van der Waals surface area contributed by atoms with E-state index in [2.05, 4.69) is 15.5 Å². The molecule has 3 rings (SSSR count). The molecule has 168 valence electrons. The molecule has 0 atom stereocenters. The number of thioether (sulfide) groups is 1. The number of aromatic nitrogens is 3. The van der Waals surface area contributed by atoms with Crippen LogP contribution in [-0.4, -0.2) is 50.8 Å². The Morgan fingerprint density at radius 1 is 1.09 bits per heavy atom. The first-order valence-corrected chi connectivity index (χ1v) is 11.3. The summed E-state index contributed by atoms with van der Waals surface area (Å²) in [7, 11) is 3.35. The summed E-state index contributed by atoms with van der Waals surface area (Å²) < 4.78 is 7.44. The van der Waals surface area contributed by atoms with Crippen LogP contribution in [0.25, 0.3) is 0 Å². The summed E-state index contributed by atoms with van der Waals surface area (Å²) in [5.74, 6) is 0.691. The smallest absolute Gasteiger partial charge is 0.244 e. The first-order valence-electron chi connectivity index (χ1n) is 9.52. The minimum Gasteiger partial charge on any atom is -0.484 e. The first kappa shape index (κ1) is 23.9. The first-order chi connectivity index (χ1) is 15.3. The molecule has 0 saturated carbocycles. The van der Waals surface area contributed by atoms with Gasteiger partial charge in [-0.2, -0.15) is 0 Å². The number of anilines is 1. The topological polar surface area (TPSA) is 89.3 Å². The molecule has 8 nitrogen and oxygen atoms in total. The minimum atomic E-state index is -0.336. The van der Waals surface area contributed by atoms with Crippen molar-refractivity contribution in [1.29, 1.82) is 0 Å². The predicted molar refractivity (Wildman–Crippen MR) is 125 cm³/mol. The van der Waals surface area contributed by atoms with E-state index in [1.807, 2.05) is 12.1 Å². The monoisotopic (exact) mass is 493 g/mol. The molecule has 0 bridgehead atoms. The van der Waals surface area contributed by atoms with Crippen LogP contribution in [-0.2, 0) is 23.2 Å². The summed E-state index contributed by atoms with van der Waals surface area (Å²) in [6.45, 7) is 0.0875. The lowest BCUT2D eigenvalue weighted by Crippen LogP contribution is -2.36. The highest BCUT2D eigenvalue weighted by Crippen LogP contribution is 2.24. The van der Waals surface area contributed by atoms with Gasteiger partial charge in [0, 0.05) is 14.1 Å². The van der Waals surface area contributed by atoms with Gasteiger partial charge >= 0.3 is 0 Å². The van der Waals surface area contributed by atoms with E-state index in [-0.39, 0.29) is 30.7 Å². The standard InChI is InChI=1S/C21H21Cl2N5O3S/c1-27(11-19(29)24-16-9-5-3-7-14(16)22)20(30)13-32-21-26-25-18(28(21)2)12-31-17-10-6-4-8-15(17)23/h3-10H,11-13H2,1-2H3,(H,24,29). The second-order valence-corrected chi connectivity index (χ2v) is 8.50. The van der Waals surface area contributed by atoms with Crippen LogP contribution in [0.4, 0.5) is 5.69 Å². The minimum absolute atomic E-state index is 0.0969. The van der Waals surface area contributed by atoms with Crippen LogP contribution in [0.1, 0.15) is 5.82 Å². The Morgan fingerprint density at radius 3 is 2.50 bits per heavy atom. The second-order valence-electron chi connectivity index (χ2n) is 6.74. The van der Waals surface area contributed by atoms with Gasteiger partial charge in [0.2, 0.25) is 11.8 Å². The molecule has 11 heteroatoms. The van der Waals surface area contributed by atoms with Crippen molar-refractivity contribution in [3.8, 4) is 5.75 Å². The Labute approximate surface area is 199 Å². The van der Waals surface area contributed by atoms with Crippen LogP contribution in [0.15, 0.2) is 53.7 Å². The fourth-order valence-corrected chi connectivity index (χ4v) is 3.84. The molecule has 0 aliphatic heterocycles. The average molecular weight is 494 g/mol. The normalized spacial score (nSPS) is 10.6. The van der Waals surface area contributed by atoms with E-state index in [1.165, 1.54) is 16.7 Å². The van der Waals surface area contributed by atoms with E-state index in [0.29, 0.717) is 32.5 Å². The predicted octanol–water partition coefficient (Wildman–Crippen LogP) is 3.89. The van der Waals surface area contributed by atoms with Gasteiger partial charge in [-0.15, -0.1) is 10.2 Å². The van der Waals surface area contributed by atoms with E-state index < -0.39 is 0 Å². The van der Waals surface area contributed by atoms with Crippen LogP contribution in [0.2, 0.25) is 10.0 Å². The lowest BCUT2D eigenvalue weighted by Gasteiger charge is -2.16. The summed E-state index contributed by atoms with van der Waals surface area (Å²) >= 11 is 13.4. The van der Waals surface area contributed by atoms with E-state index in [4.69, 9.17) is 27.9 Å². The summed E-state index contributed by atoms with van der Waals surface area (Å²) in [5, 5.41) is 12.4. The maximum absolute atomic E-state index is 12.4. The molecule has 0 aliphatic carbocycles. The zero-order valence-electron chi connectivity index (χ0n) is 17.4. The number of rotatable bonds is 9. The summed E-state index contributed by atoms with van der Waals surface area (Å²) in [4.78, 5) is 26.0. The van der Waals surface area contributed by atoms with Crippen LogP contribution in [0.3, 0.4) is 0 Å². The van der Waals surface area contributed by atoms with Crippen molar-refractivity contribution in [2.24, 2.45) is 7.05 Å². The van der Waals surface area contributed by atoms with Gasteiger partial charge in [0.15, 0.2) is 11.0 Å². The molecule has 0 aliphatic rings. The molecule has 2 amide bonds. The van der Waals surface area contributed by atoms with Crippen LogP contribution in [0, 0.1) is 0 Å². The molecule has 0 fully saturated rings. The number of nitrogens with zero attached hydrogens (tertiary/aromatic N) is 4. The molecule has 32 heavy (non-hydrogen) atoms. The molecule has 1 heterocycles. The fourth-order valence-electron chi connectivity index (χ4n) is 2.59. The second kappa shape index (κ2) is 11.2. The molecule has 0 unspecified atom stereocenters. The Hall–Kier alpha value is -2.75. The SMILES string of the molecule is CN(CC(=O)Nc1ccccc1Cl)C(=O)CSc1nnc(COc2ccccc2Cl)n1C. The third-order valence-corrected chi connectivity index (χ3v) is 6.04. The number of hydrogen-bond acceptors (Lipinski definition) is 6. The highest BCUT2D eigenvalue weighted by atomic mass is 35.5. The van der Waals surface area contributed by atoms with Crippen LogP contribution in [0.5, 0.6) is 5.75 Å². The lowest BCUT2D eigenvalue weighted by molar-refractivity contribution is -0.131.